The topological polar surface area (TPSA) is 68.3 Å². The third-order valence-corrected chi connectivity index (χ3v) is 10.6. The molecule has 0 unspecified atom stereocenters. The summed E-state index contributed by atoms with van der Waals surface area (Å²) in [5.41, 5.74) is -0.803. The van der Waals surface area contributed by atoms with Crippen LogP contribution in [0.25, 0.3) is 0 Å². The zero-order valence-corrected chi connectivity index (χ0v) is 17.5. The van der Waals surface area contributed by atoms with Gasteiger partial charge in [0.15, 0.2) is 0 Å². The quantitative estimate of drug-likeness (QED) is 0.713. The molecule has 0 radical (unpaired) electrons. The summed E-state index contributed by atoms with van der Waals surface area (Å²) in [4.78, 5) is 1.49. The van der Waals surface area contributed by atoms with E-state index in [1.165, 1.54) is 0 Å². The molecule has 0 heterocycles. The zero-order valence-electron chi connectivity index (χ0n) is 15.9. The molecule has 1 fully saturated rings. The number of rotatable bonds is 4. The molecule has 0 aromatic heterocycles. The molecular formula is C23H22O4S2. The van der Waals surface area contributed by atoms with Gasteiger partial charge in [0.25, 0.3) is 0 Å². The van der Waals surface area contributed by atoms with Gasteiger partial charge >= 0.3 is 0 Å². The van der Waals surface area contributed by atoms with E-state index in [1.807, 2.05) is 12.2 Å². The van der Waals surface area contributed by atoms with Crippen molar-refractivity contribution in [3.05, 3.63) is 82.6 Å². The van der Waals surface area contributed by atoms with Gasteiger partial charge in [-0.2, -0.15) is 0 Å². The molecule has 0 amide bonds. The first-order valence-corrected chi connectivity index (χ1v) is 12.8. The van der Waals surface area contributed by atoms with Crippen LogP contribution in [0.1, 0.15) is 32.1 Å². The van der Waals surface area contributed by atoms with Crippen molar-refractivity contribution in [2.24, 2.45) is 10.8 Å². The van der Waals surface area contributed by atoms with Gasteiger partial charge in [-0.15, -0.1) is 0 Å². The lowest BCUT2D eigenvalue weighted by atomic mass is 9.70. The lowest BCUT2D eigenvalue weighted by molar-refractivity contribution is 0.230. The first-order valence-electron chi connectivity index (χ1n) is 9.83. The fourth-order valence-electron chi connectivity index (χ4n) is 5.47. The fraction of sp³-hybridized carbons (Fsp3) is 0.304. The van der Waals surface area contributed by atoms with Crippen LogP contribution in [0, 0.1) is 10.8 Å². The highest BCUT2D eigenvalue weighted by molar-refractivity contribution is 7.95. The molecule has 3 aliphatic carbocycles. The van der Waals surface area contributed by atoms with E-state index in [1.54, 1.807) is 60.7 Å². The largest absolute Gasteiger partial charge is 0.219 e. The van der Waals surface area contributed by atoms with Crippen LogP contribution in [0.4, 0.5) is 0 Å². The first kappa shape index (κ1) is 18.8. The SMILES string of the molecule is O=S(=O)(C1=C[C@]23CCC[C@]2(C=C(S(=O)(=O)c2ccccc2)C3)C1)c1ccccc1. The third kappa shape index (κ3) is 2.62. The van der Waals surface area contributed by atoms with Crippen LogP contribution in [0.3, 0.4) is 0 Å². The Hall–Kier alpha value is -2.18. The zero-order chi connectivity index (χ0) is 20.3. The molecule has 0 spiro atoms. The van der Waals surface area contributed by atoms with Crippen molar-refractivity contribution in [3.63, 3.8) is 0 Å². The monoisotopic (exact) mass is 426 g/mol. The summed E-state index contributed by atoms with van der Waals surface area (Å²) in [7, 11) is -7.11. The van der Waals surface area contributed by atoms with Crippen LogP contribution in [0.2, 0.25) is 0 Å². The summed E-state index contributed by atoms with van der Waals surface area (Å²) in [6.07, 6.45) is 7.20. The average Bonchev–Trinajstić information content (AvgIpc) is 3.30. The van der Waals surface area contributed by atoms with Crippen LogP contribution in [-0.2, 0) is 19.7 Å². The van der Waals surface area contributed by atoms with Gasteiger partial charge in [-0.05, 0) is 49.9 Å². The van der Waals surface area contributed by atoms with Gasteiger partial charge in [-0.3, -0.25) is 0 Å². The Balaban J connectivity index is 1.55. The number of hydrogen-bond donors (Lipinski definition) is 0. The molecule has 0 aliphatic heterocycles. The van der Waals surface area contributed by atoms with E-state index >= 15 is 0 Å². The van der Waals surface area contributed by atoms with Crippen molar-refractivity contribution in [2.45, 2.75) is 41.9 Å². The molecule has 0 saturated heterocycles. The van der Waals surface area contributed by atoms with Crippen LogP contribution in [0.15, 0.2) is 92.4 Å². The smallest absolute Gasteiger partial charge is 0.202 e. The van der Waals surface area contributed by atoms with E-state index < -0.39 is 30.5 Å². The van der Waals surface area contributed by atoms with Crippen molar-refractivity contribution in [1.82, 2.24) is 0 Å². The second kappa shape index (κ2) is 6.16. The van der Waals surface area contributed by atoms with E-state index in [9.17, 15) is 16.8 Å². The minimum absolute atomic E-state index is 0.304. The highest BCUT2D eigenvalue weighted by Crippen LogP contribution is 2.70. The Morgan fingerprint density at radius 2 is 0.966 bits per heavy atom. The van der Waals surface area contributed by atoms with Crippen LogP contribution >= 0.6 is 0 Å². The van der Waals surface area contributed by atoms with E-state index in [4.69, 9.17) is 0 Å². The van der Waals surface area contributed by atoms with Crippen LogP contribution in [0.5, 0.6) is 0 Å². The number of sulfone groups is 2. The molecule has 5 rings (SSSR count). The summed E-state index contributed by atoms with van der Waals surface area (Å²) in [6, 6.07) is 17.0. The van der Waals surface area contributed by atoms with Crippen LogP contribution in [-0.4, -0.2) is 16.8 Å². The van der Waals surface area contributed by atoms with Gasteiger partial charge in [0.1, 0.15) is 0 Å². The Morgan fingerprint density at radius 3 is 1.34 bits per heavy atom. The van der Waals surface area contributed by atoms with Crippen molar-refractivity contribution in [3.8, 4) is 0 Å². The van der Waals surface area contributed by atoms with Gasteiger partial charge in [0, 0.05) is 20.6 Å². The van der Waals surface area contributed by atoms with Crippen LogP contribution < -0.4 is 0 Å². The van der Waals surface area contributed by atoms with E-state index in [2.05, 4.69) is 0 Å². The molecule has 2 aromatic rings. The van der Waals surface area contributed by atoms with E-state index in [-0.39, 0.29) is 0 Å². The number of benzene rings is 2. The summed E-state index contributed by atoms with van der Waals surface area (Å²) in [5, 5.41) is 0. The highest BCUT2D eigenvalue weighted by Gasteiger charge is 2.62. The Bertz CT molecular complexity index is 1140. The highest BCUT2D eigenvalue weighted by atomic mass is 32.2. The third-order valence-electron chi connectivity index (χ3n) is 6.89. The molecule has 150 valence electrons. The number of hydrogen-bond acceptors (Lipinski definition) is 4. The fourth-order valence-corrected chi connectivity index (χ4v) is 8.76. The molecule has 2 atom stereocenters. The van der Waals surface area contributed by atoms with Gasteiger partial charge in [0.05, 0.1) is 9.79 Å². The second-order valence-electron chi connectivity index (χ2n) is 8.37. The summed E-state index contributed by atoms with van der Waals surface area (Å²) in [5.74, 6) is 0. The normalized spacial score (nSPS) is 28.6. The predicted molar refractivity (Wildman–Crippen MR) is 111 cm³/mol. The molecule has 1 saturated carbocycles. The Kier molecular flexibility index (Phi) is 4.00. The average molecular weight is 427 g/mol. The Morgan fingerprint density at radius 1 is 0.586 bits per heavy atom. The molecule has 29 heavy (non-hydrogen) atoms. The molecule has 3 aliphatic rings. The first-order chi connectivity index (χ1) is 13.8. The lowest BCUT2D eigenvalue weighted by Gasteiger charge is -2.32. The molecule has 0 bridgehead atoms. The second-order valence-corrected chi connectivity index (χ2v) is 12.4. The van der Waals surface area contributed by atoms with Gasteiger partial charge in [-0.25, -0.2) is 16.8 Å². The molecule has 2 aromatic carbocycles. The predicted octanol–water partition coefficient (Wildman–Crippen LogP) is 4.67. The van der Waals surface area contributed by atoms with E-state index in [0.29, 0.717) is 32.4 Å². The lowest BCUT2D eigenvalue weighted by Crippen LogP contribution is -2.26. The van der Waals surface area contributed by atoms with Crippen molar-refractivity contribution < 1.29 is 16.8 Å². The summed E-state index contributed by atoms with van der Waals surface area (Å²) < 4.78 is 52.7. The minimum atomic E-state index is -3.56. The molecule has 6 heteroatoms. The molecule has 0 N–H and O–H groups in total. The summed E-state index contributed by atoms with van der Waals surface area (Å²) in [6.45, 7) is 0. The number of allylic oxidation sites excluding steroid dienone is 4. The summed E-state index contributed by atoms with van der Waals surface area (Å²) >= 11 is 0. The van der Waals surface area contributed by atoms with Gasteiger partial charge < -0.3 is 0 Å². The van der Waals surface area contributed by atoms with Crippen molar-refractivity contribution in [2.75, 3.05) is 0 Å². The standard InChI is InChI=1S/C23H22O4S2/c24-28(25,18-8-3-1-4-9-18)20-14-22-12-7-13-23(22,15-20)17-21(16-22)29(26,27)19-10-5-2-6-11-19/h1-6,8-11,14,17H,7,12-13,15-16H2/t22-,23+/m0/s1. The maximum atomic E-state index is 13.2. The van der Waals surface area contributed by atoms with Crippen molar-refractivity contribution in [1.29, 1.82) is 0 Å². The Labute approximate surface area is 171 Å². The van der Waals surface area contributed by atoms with Crippen molar-refractivity contribution >= 4 is 19.7 Å². The maximum Gasteiger partial charge on any atom is 0.202 e. The van der Waals surface area contributed by atoms with Gasteiger partial charge in [-0.1, -0.05) is 55.0 Å². The minimum Gasteiger partial charge on any atom is -0.219 e. The van der Waals surface area contributed by atoms with E-state index in [0.717, 1.165) is 19.3 Å². The maximum absolute atomic E-state index is 13.2. The van der Waals surface area contributed by atoms with Gasteiger partial charge in [0.2, 0.25) is 19.7 Å². The molecule has 4 nitrogen and oxygen atoms in total. The molecular weight excluding hydrogens is 404 g/mol.